The second kappa shape index (κ2) is 6.02. The molecule has 104 valence electrons. The van der Waals surface area contributed by atoms with Gasteiger partial charge in [0.15, 0.2) is 0 Å². The van der Waals surface area contributed by atoms with E-state index < -0.39 is 0 Å². The largest absolute Gasteiger partial charge is 0.346 e. The molecule has 19 heavy (non-hydrogen) atoms. The Morgan fingerprint density at radius 1 is 1.37 bits per heavy atom. The van der Waals surface area contributed by atoms with Gasteiger partial charge in [-0.25, -0.2) is 4.98 Å². The molecule has 0 aliphatic rings. The van der Waals surface area contributed by atoms with Gasteiger partial charge in [0.2, 0.25) is 0 Å². The first-order valence-electron chi connectivity index (χ1n) is 6.83. The van der Waals surface area contributed by atoms with Gasteiger partial charge in [-0.05, 0) is 24.1 Å². The number of aromatic nitrogens is 4. The van der Waals surface area contributed by atoms with Gasteiger partial charge in [-0.2, -0.15) is 5.10 Å². The fourth-order valence-corrected chi connectivity index (χ4v) is 2.33. The summed E-state index contributed by atoms with van der Waals surface area (Å²) in [6.07, 6.45) is 5.90. The maximum absolute atomic E-state index is 4.25. The van der Waals surface area contributed by atoms with Crippen LogP contribution in [0.4, 0.5) is 0 Å². The Morgan fingerprint density at radius 3 is 2.74 bits per heavy atom. The molecule has 5 nitrogen and oxygen atoms in total. The summed E-state index contributed by atoms with van der Waals surface area (Å²) in [7, 11) is 1.92. The van der Waals surface area contributed by atoms with E-state index >= 15 is 0 Å². The summed E-state index contributed by atoms with van der Waals surface area (Å²) in [6.45, 7) is 8.37. The highest BCUT2D eigenvalue weighted by Crippen LogP contribution is 2.22. The van der Waals surface area contributed by atoms with Crippen LogP contribution in [-0.2, 0) is 13.6 Å². The van der Waals surface area contributed by atoms with E-state index in [0.717, 1.165) is 18.9 Å². The second-order valence-corrected chi connectivity index (χ2v) is 5.20. The van der Waals surface area contributed by atoms with Crippen LogP contribution in [-0.4, -0.2) is 25.9 Å². The van der Waals surface area contributed by atoms with E-state index in [1.165, 1.54) is 5.56 Å². The molecule has 0 spiro atoms. The first kappa shape index (κ1) is 13.8. The van der Waals surface area contributed by atoms with Gasteiger partial charge in [0, 0.05) is 25.5 Å². The first-order valence-corrected chi connectivity index (χ1v) is 6.83. The van der Waals surface area contributed by atoms with Crippen molar-refractivity contribution in [3.63, 3.8) is 0 Å². The van der Waals surface area contributed by atoms with Crippen LogP contribution in [0.2, 0.25) is 0 Å². The van der Waals surface area contributed by atoms with Crippen LogP contribution in [0.25, 0.3) is 0 Å². The first-order chi connectivity index (χ1) is 9.11. The predicted octanol–water partition coefficient (Wildman–Crippen LogP) is 1.97. The number of nitrogens with one attached hydrogen (secondary N) is 1. The highest BCUT2D eigenvalue weighted by Gasteiger charge is 2.15. The number of rotatable bonds is 6. The molecule has 0 radical (unpaired) electrons. The summed E-state index contributed by atoms with van der Waals surface area (Å²) >= 11 is 0. The lowest BCUT2D eigenvalue weighted by molar-refractivity contribution is 0.421. The molecular formula is C14H23N5. The second-order valence-electron chi connectivity index (χ2n) is 5.20. The summed E-state index contributed by atoms with van der Waals surface area (Å²) in [6, 6.07) is 2.59. The van der Waals surface area contributed by atoms with Crippen molar-refractivity contribution in [3.8, 4) is 0 Å². The predicted molar refractivity (Wildman–Crippen MR) is 75.8 cm³/mol. The van der Waals surface area contributed by atoms with Crippen LogP contribution >= 0.6 is 0 Å². The molecule has 2 rings (SSSR count). The van der Waals surface area contributed by atoms with Crippen molar-refractivity contribution in [2.45, 2.75) is 33.4 Å². The minimum Gasteiger partial charge on any atom is -0.346 e. The van der Waals surface area contributed by atoms with Gasteiger partial charge < -0.3 is 9.88 Å². The maximum Gasteiger partial charge on any atom is 0.146 e. The Kier molecular flexibility index (Phi) is 4.37. The average Bonchev–Trinajstić information content (AvgIpc) is 2.97. The Labute approximate surface area is 114 Å². The van der Waals surface area contributed by atoms with Gasteiger partial charge in [0.25, 0.3) is 0 Å². The molecule has 1 N–H and O–H groups in total. The molecule has 1 unspecified atom stereocenters. The van der Waals surface area contributed by atoms with Crippen LogP contribution < -0.4 is 5.32 Å². The molecular weight excluding hydrogens is 238 g/mol. The number of hydrogen-bond acceptors (Lipinski definition) is 3. The lowest BCUT2D eigenvalue weighted by Gasteiger charge is -2.20. The molecule has 2 aromatic rings. The third kappa shape index (κ3) is 3.23. The summed E-state index contributed by atoms with van der Waals surface area (Å²) in [4.78, 5) is 4.25. The van der Waals surface area contributed by atoms with Crippen LogP contribution in [0.3, 0.4) is 0 Å². The van der Waals surface area contributed by atoms with E-state index in [2.05, 4.69) is 59.2 Å². The van der Waals surface area contributed by atoms with E-state index in [9.17, 15) is 0 Å². The topological polar surface area (TPSA) is 47.7 Å². The fourth-order valence-electron chi connectivity index (χ4n) is 2.33. The summed E-state index contributed by atoms with van der Waals surface area (Å²) < 4.78 is 3.97. The third-order valence-corrected chi connectivity index (χ3v) is 3.35. The normalized spacial score (nSPS) is 13.1. The van der Waals surface area contributed by atoms with Crippen LogP contribution in [0.5, 0.6) is 0 Å². The molecule has 0 fully saturated rings. The molecule has 0 bridgehead atoms. The maximum atomic E-state index is 4.25. The fraction of sp³-hybridized carbons (Fsp3) is 0.571. The van der Waals surface area contributed by atoms with E-state index in [-0.39, 0.29) is 0 Å². The lowest BCUT2D eigenvalue weighted by atomic mass is 9.98. The Balaban J connectivity index is 2.12. The van der Waals surface area contributed by atoms with Gasteiger partial charge in [-0.15, -0.1) is 0 Å². The molecule has 2 heterocycles. The molecule has 1 atom stereocenters. The highest BCUT2D eigenvalue weighted by atomic mass is 15.3. The van der Waals surface area contributed by atoms with Gasteiger partial charge in [-0.1, -0.05) is 20.8 Å². The van der Waals surface area contributed by atoms with Crippen LogP contribution in [0.1, 0.15) is 38.2 Å². The quantitative estimate of drug-likeness (QED) is 0.865. The van der Waals surface area contributed by atoms with Crippen molar-refractivity contribution in [1.29, 1.82) is 0 Å². The molecule has 0 aliphatic carbocycles. The standard InChI is InChI=1S/C14H23N5/c1-5-15-14(11(2)3)12-6-7-19(8-12)9-13-16-10-17-18(13)4/h6-8,10-11,14-15H,5,9H2,1-4H3. The van der Waals surface area contributed by atoms with Gasteiger partial charge in [0.1, 0.15) is 12.2 Å². The Morgan fingerprint density at radius 2 is 2.16 bits per heavy atom. The number of hydrogen-bond donors (Lipinski definition) is 1. The Bertz CT molecular complexity index is 511. The third-order valence-electron chi connectivity index (χ3n) is 3.35. The van der Waals surface area contributed by atoms with E-state index in [1.54, 1.807) is 6.33 Å². The van der Waals surface area contributed by atoms with Crippen molar-refractivity contribution in [2.24, 2.45) is 13.0 Å². The van der Waals surface area contributed by atoms with Crippen molar-refractivity contribution in [2.75, 3.05) is 6.54 Å². The van der Waals surface area contributed by atoms with Crippen LogP contribution in [0, 0.1) is 5.92 Å². The van der Waals surface area contributed by atoms with Crippen molar-refractivity contribution < 1.29 is 0 Å². The minimum atomic E-state index is 0.408. The van der Waals surface area contributed by atoms with E-state index in [0.29, 0.717) is 12.0 Å². The van der Waals surface area contributed by atoms with Crippen molar-refractivity contribution in [1.82, 2.24) is 24.6 Å². The zero-order chi connectivity index (χ0) is 13.8. The molecule has 2 aromatic heterocycles. The highest BCUT2D eigenvalue weighted by molar-refractivity contribution is 5.16. The molecule has 0 amide bonds. The zero-order valence-corrected chi connectivity index (χ0v) is 12.2. The van der Waals surface area contributed by atoms with Crippen molar-refractivity contribution >= 4 is 0 Å². The number of nitrogens with zero attached hydrogens (tertiary/aromatic N) is 4. The molecule has 0 saturated carbocycles. The van der Waals surface area contributed by atoms with Gasteiger partial charge in [0.05, 0.1) is 6.54 Å². The monoisotopic (exact) mass is 261 g/mol. The molecule has 0 saturated heterocycles. The smallest absolute Gasteiger partial charge is 0.146 e. The summed E-state index contributed by atoms with van der Waals surface area (Å²) in [5.41, 5.74) is 1.33. The molecule has 5 heteroatoms. The van der Waals surface area contributed by atoms with Gasteiger partial charge >= 0.3 is 0 Å². The summed E-state index contributed by atoms with van der Waals surface area (Å²) in [5, 5.41) is 7.63. The van der Waals surface area contributed by atoms with Gasteiger partial charge in [-0.3, -0.25) is 4.68 Å². The van der Waals surface area contributed by atoms with E-state index in [4.69, 9.17) is 0 Å². The molecule has 0 aromatic carbocycles. The van der Waals surface area contributed by atoms with E-state index in [1.807, 2.05) is 11.7 Å². The van der Waals surface area contributed by atoms with Crippen LogP contribution in [0.15, 0.2) is 24.8 Å². The zero-order valence-electron chi connectivity index (χ0n) is 12.2. The summed E-state index contributed by atoms with van der Waals surface area (Å²) in [5.74, 6) is 1.54. The number of aryl methyl sites for hydroxylation is 1. The SMILES string of the molecule is CCNC(c1ccn(Cc2ncnn2C)c1)C(C)C. The average molecular weight is 261 g/mol. The molecule has 0 aliphatic heterocycles. The lowest BCUT2D eigenvalue weighted by Crippen LogP contribution is -2.25. The Hall–Kier alpha value is -1.62. The minimum absolute atomic E-state index is 0.408. The van der Waals surface area contributed by atoms with Crippen molar-refractivity contribution in [3.05, 3.63) is 36.2 Å².